The van der Waals surface area contributed by atoms with Gasteiger partial charge in [-0.15, -0.1) is 0 Å². The molecule has 0 aromatic heterocycles. The first-order chi connectivity index (χ1) is 12.4. The van der Waals surface area contributed by atoms with E-state index in [1.807, 2.05) is 0 Å². The fourth-order valence-electron chi connectivity index (χ4n) is 3.73. The number of ketones is 2. The molecule has 0 heterocycles. The second-order valence-corrected chi connectivity index (χ2v) is 8.11. The van der Waals surface area contributed by atoms with E-state index < -0.39 is 22.8 Å². The van der Waals surface area contributed by atoms with E-state index in [1.165, 1.54) is 6.07 Å². The van der Waals surface area contributed by atoms with Crippen LogP contribution in [0.4, 0.5) is 5.69 Å². The van der Waals surface area contributed by atoms with E-state index in [0.29, 0.717) is 0 Å². The number of carbonyl (C=O) groups is 2. The number of aromatic hydroxyl groups is 1. The van der Waals surface area contributed by atoms with Gasteiger partial charge in [0.15, 0.2) is 11.6 Å². The fourth-order valence-corrected chi connectivity index (χ4v) is 3.73. The quantitative estimate of drug-likeness (QED) is 0.482. The van der Waals surface area contributed by atoms with E-state index in [-0.39, 0.29) is 45.9 Å². The van der Waals surface area contributed by atoms with E-state index in [4.69, 9.17) is 10.5 Å². The third kappa shape index (κ3) is 3.40. The Kier molecular flexibility index (Phi) is 4.27. The van der Waals surface area contributed by atoms with Gasteiger partial charge < -0.3 is 20.7 Å². The van der Waals surface area contributed by atoms with Crippen LogP contribution in [-0.4, -0.2) is 33.0 Å². The molecular weight excluding hydrogens is 346 g/mol. The first-order valence-electron chi connectivity index (χ1n) is 8.66. The number of ether oxygens (including phenoxy) is 1. The minimum atomic E-state index is -0.987. The largest absolute Gasteiger partial charge is 0.507 e. The van der Waals surface area contributed by atoms with Crippen molar-refractivity contribution in [1.29, 1.82) is 0 Å². The van der Waals surface area contributed by atoms with Crippen molar-refractivity contribution < 1.29 is 24.5 Å². The van der Waals surface area contributed by atoms with Gasteiger partial charge in [0.1, 0.15) is 17.1 Å². The SMILES string of the molecule is CC(C)(O)CC(C)(C)Oc1cc(O)c2c(c1N)C(=O)c1ccccc1C2=O. The van der Waals surface area contributed by atoms with Gasteiger partial charge in [0.25, 0.3) is 0 Å². The highest BCUT2D eigenvalue weighted by Crippen LogP contribution is 2.42. The van der Waals surface area contributed by atoms with Gasteiger partial charge in [-0.3, -0.25) is 9.59 Å². The second-order valence-electron chi connectivity index (χ2n) is 8.11. The first kappa shape index (κ1) is 18.9. The predicted octanol–water partition coefficient (Wildman–Crippen LogP) is 3.07. The Morgan fingerprint density at radius 1 is 1.00 bits per heavy atom. The molecule has 0 fully saturated rings. The van der Waals surface area contributed by atoms with Crippen molar-refractivity contribution >= 4 is 17.3 Å². The summed E-state index contributed by atoms with van der Waals surface area (Å²) < 4.78 is 5.92. The van der Waals surface area contributed by atoms with Crippen molar-refractivity contribution in [2.75, 3.05) is 5.73 Å². The van der Waals surface area contributed by atoms with Crippen LogP contribution in [-0.2, 0) is 0 Å². The van der Waals surface area contributed by atoms with Crippen LogP contribution in [0.25, 0.3) is 0 Å². The summed E-state index contributed by atoms with van der Waals surface area (Å²) in [5, 5.41) is 20.5. The lowest BCUT2D eigenvalue weighted by Crippen LogP contribution is -2.38. The second kappa shape index (κ2) is 6.09. The molecule has 4 N–H and O–H groups in total. The summed E-state index contributed by atoms with van der Waals surface area (Å²) in [5.74, 6) is -1.15. The normalized spacial score (nSPS) is 14.0. The molecule has 0 aliphatic heterocycles. The van der Waals surface area contributed by atoms with E-state index in [2.05, 4.69) is 0 Å². The summed E-state index contributed by atoms with van der Waals surface area (Å²) in [6.45, 7) is 6.85. The van der Waals surface area contributed by atoms with E-state index >= 15 is 0 Å². The van der Waals surface area contributed by atoms with E-state index in [0.717, 1.165) is 0 Å². The molecule has 142 valence electrons. The Labute approximate surface area is 157 Å². The lowest BCUT2D eigenvalue weighted by Gasteiger charge is -2.33. The molecule has 0 amide bonds. The Morgan fingerprint density at radius 2 is 1.52 bits per heavy atom. The molecule has 0 unspecified atom stereocenters. The number of anilines is 1. The molecule has 1 aliphatic carbocycles. The number of benzene rings is 2. The maximum atomic E-state index is 12.9. The Bertz CT molecular complexity index is 954. The zero-order valence-electron chi connectivity index (χ0n) is 15.8. The molecule has 6 nitrogen and oxygen atoms in total. The lowest BCUT2D eigenvalue weighted by molar-refractivity contribution is -0.0104. The van der Waals surface area contributed by atoms with Crippen molar-refractivity contribution in [2.24, 2.45) is 0 Å². The topological polar surface area (TPSA) is 110 Å². The Balaban J connectivity index is 2.11. The number of phenolic OH excluding ortho intramolecular Hbond substituents is 1. The molecule has 2 aromatic carbocycles. The summed E-state index contributed by atoms with van der Waals surface area (Å²) >= 11 is 0. The van der Waals surface area contributed by atoms with Crippen LogP contribution < -0.4 is 10.5 Å². The zero-order chi connectivity index (χ0) is 20.1. The molecule has 0 saturated heterocycles. The number of hydrogen-bond acceptors (Lipinski definition) is 6. The lowest BCUT2D eigenvalue weighted by atomic mass is 9.82. The van der Waals surface area contributed by atoms with Crippen molar-refractivity contribution in [1.82, 2.24) is 0 Å². The van der Waals surface area contributed by atoms with Crippen LogP contribution in [0.3, 0.4) is 0 Å². The number of aliphatic hydroxyl groups is 1. The molecular formula is C21H23NO5. The van der Waals surface area contributed by atoms with Crippen molar-refractivity contribution in [2.45, 2.75) is 45.3 Å². The third-order valence-corrected chi connectivity index (χ3v) is 4.42. The number of fused-ring (bicyclic) bond motifs is 2. The van der Waals surface area contributed by atoms with Crippen LogP contribution in [0.1, 0.15) is 66.0 Å². The van der Waals surface area contributed by atoms with Gasteiger partial charge in [0.2, 0.25) is 0 Å². The summed E-state index contributed by atoms with van der Waals surface area (Å²) in [6, 6.07) is 7.68. The molecule has 27 heavy (non-hydrogen) atoms. The highest BCUT2D eigenvalue weighted by atomic mass is 16.5. The highest BCUT2D eigenvalue weighted by Gasteiger charge is 2.36. The zero-order valence-corrected chi connectivity index (χ0v) is 15.8. The Morgan fingerprint density at radius 3 is 2.04 bits per heavy atom. The van der Waals surface area contributed by atoms with Crippen molar-refractivity contribution in [3.63, 3.8) is 0 Å². The number of carbonyl (C=O) groups excluding carboxylic acids is 2. The maximum absolute atomic E-state index is 12.9. The van der Waals surface area contributed by atoms with Crippen LogP contribution >= 0.6 is 0 Å². The number of nitrogen functional groups attached to an aromatic ring is 1. The van der Waals surface area contributed by atoms with Gasteiger partial charge in [-0.2, -0.15) is 0 Å². The smallest absolute Gasteiger partial charge is 0.198 e. The van der Waals surface area contributed by atoms with Crippen LogP contribution in [0, 0.1) is 0 Å². The van der Waals surface area contributed by atoms with Gasteiger partial charge >= 0.3 is 0 Å². The molecule has 0 bridgehead atoms. The average molecular weight is 369 g/mol. The molecule has 0 spiro atoms. The van der Waals surface area contributed by atoms with Crippen LogP contribution in [0.5, 0.6) is 11.5 Å². The van der Waals surface area contributed by atoms with Gasteiger partial charge in [0.05, 0.1) is 22.4 Å². The molecule has 3 rings (SSSR count). The third-order valence-electron chi connectivity index (χ3n) is 4.42. The first-order valence-corrected chi connectivity index (χ1v) is 8.66. The Hall–Kier alpha value is -2.86. The van der Waals surface area contributed by atoms with Gasteiger partial charge in [-0.05, 0) is 27.7 Å². The molecule has 0 saturated carbocycles. The van der Waals surface area contributed by atoms with Gasteiger partial charge in [-0.1, -0.05) is 24.3 Å². The van der Waals surface area contributed by atoms with E-state index in [1.54, 1.807) is 52.0 Å². The summed E-state index contributed by atoms with van der Waals surface area (Å²) in [6.07, 6.45) is 0.285. The van der Waals surface area contributed by atoms with Crippen molar-refractivity contribution in [3.05, 3.63) is 52.6 Å². The van der Waals surface area contributed by atoms with Gasteiger partial charge in [0, 0.05) is 23.6 Å². The minimum absolute atomic E-state index is 0.000487. The monoisotopic (exact) mass is 369 g/mol. The number of rotatable bonds is 4. The molecule has 6 heteroatoms. The molecule has 1 aliphatic rings. The minimum Gasteiger partial charge on any atom is -0.507 e. The number of phenols is 1. The standard InChI is InChI=1S/C21H23NO5/c1-20(2,26)10-21(3,4)27-14-9-13(23)15-16(17(14)22)19(25)12-8-6-5-7-11(12)18(15)24/h5-9,23,26H,10,22H2,1-4H3. The van der Waals surface area contributed by atoms with E-state index in [9.17, 15) is 19.8 Å². The number of nitrogens with two attached hydrogens (primary N) is 1. The summed E-state index contributed by atoms with van der Waals surface area (Å²) in [7, 11) is 0. The average Bonchev–Trinajstić information content (AvgIpc) is 2.53. The summed E-state index contributed by atoms with van der Waals surface area (Å²) in [4.78, 5) is 25.7. The van der Waals surface area contributed by atoms with Crippen LogP contribution in [0.2, 0.25) is 0 Å². The highest BCUT2D eigenvalue weighted by molar-refractivity contribution is 6.31. The molecule has 0 radical (unpaired) electrons. The van der Waals surface area contributed by atoms with Crippen LogP contribution in [0.15, 0.2) is 30.3 Å². The maximum Gasteiger partial charge on any atom is 0.198 e. The number of hydrogen-bond donors (Lipinski definition) is 3. The van der Waals surface area contributed by atoms with Crippen molar-refractivity contribution in [3.8, 4) is 11.5 Å². The molecule has 0 atom stereocenters. The summed E-state index contributed by atoms with van der Waals surface area (Å²) in [5.41, 5.74) is 4.69. The predicted molar refractivity (Wildman–Crippen MR) is 101 cm³/mol. The fraction of sp³-hybridized carbons (Fsp3) is 0.333. The van der Waals surface area contributed by atoms with Gasteiger partial charge in [-0.25, -0.2) is 0 Å². The molecule has 2 aromatic rings.